The predicted molar refractivity (Wildman–Crippen MR) is 583 cm³/mol. The first-order valence-electron chi connectivity index (χ1n) is 46.6. The lowest BCUT2D eigenvalue weighted by molar-refractivity contribution is 0.793. The number of benzene rings is 22. The number of rotatable bonds is 12. The molecule has 27 aromatic rings. The number of hydrogen-bond donors (Lipinski definition) is 0. The smallest absolute Gasteiger partial charge is 0.0726 e. The SMILES string of the molecule is c1ccc(-c2ccc(N(c3ccc(-c4cc5c6ccccc6n(-c6ccc7ccccc7c6)c5c5c4sc4ccccc45)cc3)c3ccc4c(c3)C3(c5ccccc5-c5ccccc53)c3ccccc3-4)cc2)cc1.c1ccc(-c2ccc(N(c3ccc(-c4cc5c6ccccc6n(-c6ccc7ccccc7c6)c5c5c4sc4ccccc45)cc3)c3ccc4sc5ccccc5c4c3)cc2)cc1. The molecule has 0 fully saturated rings. The van der Waals surface area contributed by atoms with E-state index in [1.807, 2.05) is 34.0 Å². The first-order valence-corrected chi connectivity index (χ1v) is 49.1. The average Bonchev–Trinajstić information content (AvgIpc) is 1.50. The second-order valence-corrected chi connectivity index (χ2v) is 39.2. The monoisotopic (exact) mass is 1780 g/mol. The Balaban J connectivity index is 0.000000137. The predicted octanol–water partition coefficient (Wildman–Crippen LogP) is 36.9. The van der Waals surface area contributed by atoms with Crippen LogP contribution in [0.4, 0.5) is 34.1 Å². The molecular weight excluding hydrogens is 1700 g/mol. The van der Waals surface area contributed by atoms with E-state index in [0.717, 1.165) is 34.1 Å². The van der Waals surface area contributed by atoms with Crippen LogP contribution >= 0.6 is 34.0 Å². The zero-order chi connectivity index (χ0) is 89.2. The van der Waals surface area contributed by atoms with E-state index < -0.39 is 5.41 Å². The van der Waals surface area contributed by atoms with Crippen LogP contribution in [-0.2, 0) is 5.41 Å². The van der Waals surface area contributed by atoms with E-state index in [0.29, 0.717) is 0 Å². The third-order valence-corrected chi connectivity index (χ3v) is 32.3. The van der Waals surface area contributed by atoms with Crippen LogP contribution in [0, 0.1) is 0 Å². The van der Waals surface area contributed by atoms with Gasteiger partial charge in [0.1, 0.15) is 0 Å². The van der Waals surface area contributed by atoms with E-state index in [4.69, 9.17) is 0 Å². The maximum absolute atomic E-state index is 2.51. The summed E-state index contributed by atoms with van der Waals surface area (Å²) < 4.78 is 12.8. The lowest BCUT2D eigenvalue weighted by Gasteiger charge is -2.32. The molecule has 7 heteroatoms. The van der Waals surface area contributed by atoms with Gasteiger partial charge in [-0.25, -0.2) is 0 Å². The third-order valence-electron chi connectivity index (χ3n) is 28.7. The second kappa shape index (κ2) is 31.2. The number of anilines is 6. The number of para-hydroxylation sites is 2. The Morgan fingerprint density at radius 2 is 0.515 bits per heavy atom. The van der Waals surface area contributed by atoms with Crippen molar-refractivity contribution in [1.82, 2.24) is 9.13 Å². The van der Waals surface area contributed by atoms with Gasteiger partial charge in [-0.05, 0) is 245 Å². The van der Waals surface area contributed by atoms with Crippen molar-refractivity contribution >= 4 is 194 Å². The minimum atomic E-state index is -0.451. The van der Waals surface area contributed by atoms with E-state index in [9.17, 15) is 0 Å². The number of fused-ring (bicyclic) bond motifs is 29. The highest BCUT2D eigenvalue weighted by Gasteiger charge is 2.52. The fraction of sp³-hybridized carbons (Fsp3) is 0.00775. The molecule has 5 aromatic heterocycles. The zero-order valence-corrected chi connectivity index (χ0v) is 76.2. The number of hydrogen-bond acceptors (Lipinski definition) is 5. The Bertz CT molecular complexity index is 9490. The molecule has 2 aliphatic rings. The van der Waals surface area contributed by atoms with Crippen molar-refractivity contribution < 1.29 is 0 Å². The van der Waals surface area contributed by atoms with Crippen molar-refractivity contribution in [1.29, 1.82) is 0 Å². The van der Waals surface area contributed by atoms with Gasteiger partial charge in [-0.2, -0.15) is 0 Å². The quantitative estimate of drug-likeness (QED) is 0.121. The summed E-state index contributed by atoms with van der Waals surface area (Å²) >= 11 is 5.66. The fourth-order valence-corrected chi connectivity index (χ4v) is 26.3. The molecule has 136 heavy (non-hydrogen) atoms. The average molecular weight is 1780 g/mol. The van der Waals surface area contributed by atoms with Crippen LogP contribution in [0.1, 0.15) is 22.3 Å². The van der Waals surface area contributed by atoms with E-state index in [1.165, 1.54) is 226 Å². The molecule has 0 radical (unpaired) electrons. The van der Waals surface area contributed by atoms with Gasteiger partial charge < -0.3 is 18.9 Å². The molecule has 0 N–H and O–H groups in total. The Kier molecular flexibility index (Phi) is 17.9. The van der Waals surface area contributed by atoms with Gasteiger partial charge in [0.2, 0.25) is 0 Å². The molecule has 0 amide bonds. The van der Waals surface area contributed by atoms with Gasteiger partial charge in [-0.1, -0.05) is 340 Å². The third kappa shape index (κ3) is 12.1. The van der Waals surface area contributed by atoms with Gasteiger partial charge in [-0.15, -0.1) is 34.0 Å². The van der Waals surface area contributed by atoms with E-state index in [1.54, 1.807) is 0 Å². The minimum absolute atomic E-state index is 0.451. The summed E-state index contributed by atoms with van der Waals surface area (Å²) in [6.07, 6.45) is 0. The van der Waals surface area contributed by atoms with Crippen LogP contribution in [0.15, 0.2) is 485 Å². The Labute approximate surface area is 797 Å². The van der Waals surface area contributed by atoms with Crippen molar-refractivity contribution in [2.75, 3.05) is 9.80 Å². The Morgan fingerprint density at radius 1 is 0.184 bits per heavy atom. The van der Waals surface area contributed by atoms with Crippen LogP contribution in [0.5, 0.6) is 0 Å². The maximum Gasteiger partial charge on any atom is 0.0726 e. The normalized spacial score (nSPS) is 12.5. The van der Waals surface area contributed by atoms with Crippen LogP contribution in [0.2, 0.25) is 0 Å². The largest absolute Gasteiger partial charge is 0.310 e. The summed E-state index contributed by atoms with van der Waals surface area (Å²) in [6.45, 7) is 0. The van der Waals surface area contributed by atoms with Crippen LogP contribution < -0.4 is 9.80 Å². The Hall–Kier alpha value is -16.8. The van der Waals surface area contributed by atoms with Gasteiger partial charge in [-0.3, -0.25) is 0 Å². The standard InChI is InChI=1S/C71H44N2S.C58H36N2S2/c1-2-16-45(17-3-1)47-30-35-50(36-31-47)72(53-40-41-57-56-22-8-13-27-64(56)71(65(57)43-53)62-25-11-6-20-54(62)55-21-7-12-26-63(55)71)51-37-33-48(34-38-51)60-44-61-58-23-9-14-28-66(58)73(52-39-32-46-18-4-5-19-49(46)42-52)69(61)68-59-24-10-15-29-67(59)74-70(60)68;1-2-12-37(13-3-1)39-22-27-42(28-23-39)59(45-32-33-55-50(35-45)47-17-7-10-20-53(47)61-55)43-29-25-40(26-30-43)49-36-51-46-16-6-9-19-52(46)60(44-31-24-38-14-4-5-15-41(38)34-44)57(51)56-48-18-8-11-21-54(48)62-58(49)56/h1-44H;1-36H. The molecular formula is C129H80N4S3. The molecule has 4 nitrogen and oxygen atoms in total. The van der Waals surface area contributed by atoms with Crippen LogP contribution in [0.25, 0.3) is 204 Å². The highest BCUT2D eigenvalue weighted by molar-refractivity contribution is 7.27. The summed E-state index contributed by atoms with van der Waals surface area (Å²) in [5.74, 6) is 0. The molecule has 0 saturated carbocycles. The molecule has 0 bridgehead atoms. The molecule has 0 atom stereocenters. The maximum atomic E-state index is 2.51. The summed E-state index contributed by atoms with van der Waals surface area (Å²) in [5, 5.41) is 17.8. The molecule has 0 saturated heterocycles. The molecule has 0 aliphatic heterocycles. The summed E-state index contributed by atoms with van der Waals surface area (Å²) in [5.41, 5.74) is 33.8. The molecule has 0 unspecified atom stereocenters. The summed E-state index contributed by atoms with van der Waals surface area (Å²) in [6, 6.07) is 180. The Morgan fingerprint density at radius 3 is 0.971 bits per heavy atom. The molecule has 1 spiro atoms. The highest BCUT2D eigenvalue weighted by Crippen LogP contribution is 2.64. The van der Waals surface area contributed by atoms with Gasteiger partial charge in [0.25, 0.3) is 0 Å². The molecule has 5 heterocycles. The molecule has 29 rings (SSSR count). The summed E-state index contributed by atoms with van der Waals surface area (Å²) in [7, 11) is 0. The molecule has 2 aliphatic carbocycles. The molecule has 634 valence electrons. The van der Waals surface area contributed by atoms with Crippen molar-refractivity contribution in [3.63, 3.8) is 0 Å². The first kappa shape index (κ1) is 77.9. The van der Waals surface area contributed by atoms with Crippen LogP contribution in [0.3, 0.4) is 0 Å². The van der Waals surface area contributed by atoms with Crippen molar-refractivity contribution in [2.24, 2.45) is 0 Å². The molecule has 22 aromatic carbocycles. The van der Waals surface area contributed by atoms with Gasteiger partial charge in [0.05, 0.1) is 27.5 Å². The van der Waals surface area contributed by atoms with Gasteiger partial charge >= 0.3 is 0 Å². The van der Waals surface area contributed by atoms with E-state index in [2.05, 4.69) is 504 Å². The van der Waals surface area contributed by atoms with Crippen molar-refractivity contribution in [2.45, 2.75) is 5.41 Å². The van der Waals surface area contributed by atoms with E-state index >= 15 is 0 Å². The zero-order valence-electron chi connectivity index (χ0n) is 73.7. The van der Waals surface area contributed by atoms with Gasteiger partial charge in [0, 0.05) is 139 Å². The number of nitrogens with zero attached hydrogens (tertiary/aromatic N) is 4. The fourth-order valence-electron chi connectivity index (χ4n) is 22.7. The van der Waals surface area contributed by atoms with Crippen molar-refractivity contribution in [3.05, 3.63) is 508 Å². The van der Waals surface area contributed by atoms with Gasteiger partial charge in [0.15, 0.2) is 0 Å². The highest BCUT2D eigenvalue weighted by atomic mass is 32.1. The lowest BCUT2D eigenvalue weighted by atomic mass is 9.70. The van der Waals surface area contributed by atoms with Crippen LogP contribution in [-0.4, -0.2) is 9.13 Å². The first-order chi connectivity index (χ1) is 67.4. The second-order valence-electron chi connectivity index (χ2n) is 36.0. The number of aromatic nitrogens is 2. The minimum Gasteiger partial charge on any atom is -0.310 e. The topological polar surface area (TPSA) is 16.3 Å². The van der Waals surface area contributed by atoms with Crippen molar-refractivity contribution in [3.8, 4) is 78.1 Å². The van der Waals surface area contributed by atoms with E-state index in [-0.39, 0.29) is 0 Å². The number of thiophene rings is 3. The summed E-state index contributed by atoms with van der Waals surface area (Å²) in [4.78, 5) is 4.86. The lowest BCUT2D eigenvalue weighted by Crippen LogP contribution is -2.26.